The van der Waals surface area contributed by atoms with E-state index >= 15 is 0 Å². The van der Waals surface area contributed by atoms with Gasteiger partial charge in [0.1, 0.15) is 5.78 Å². The molecule has 3 nitrogen and oxygen atoms in total. The Morgan fingerprint density at radius 2 is 1.67 bits per heavy atom. The Morgan fingerprint density at radius 3 is 1.87 bits per heavy atom. The van der Waals surface area contributed by atoms with Crippen molar-refractivity contribution in [2.45, 2.75) is 31.2 Å². The Bertz CT molecular complexity index is 250. The fraction of sp³-hybridized carbons (Fsp3) is 0.857. The highest BCUT2D eigenvalue weighted by Crippen LogP contribution is 2.45. The Kier molecular flexibility index (Phi) is 3.81. The molecule has 0 heterocycles. The lowest BCUT2D eigenvalue weighted by Gasteiger charge is -2.34. The van der Waals surface area contributed by atoms with Crippen molar-refractivity contribution in [2.24, 2.45) is 0 Å². The molecule has 0 bridgehead atoms. The summed E-state index contributed by atoms with van der Waals surface area (Å²) in [6.07, 6.45) is -7.44. The number of carbonyl (C=O) groups is 1. The maximum Gasteiger partial charge on any atom is 0.459 e. The van der Waals surface area contributed by atoms with Gasteiger partial charge in [-0.1, -0.05) is 0 Å². The molecule has 90 valence electrons. The normalized spacial score (nSPS) is 17.3. The van der Waals surface area contributed by atoms with Crippen molar-refractivity contribution in [3.8, 4) is 0 Å². The molecule has 0 spiro atoms. The Labute approximate surface area is 81.8 Å². The van der Waals surface area contributed by atoms with Crippen LogP contribution in [0.1, 0.15) is 13.3 Å². The lowest BCUT2D eigenvalue weighted by atomic mass is 10.0. The van der Waals surface area contributed by atoms with Crippen molar-refractivity contribution in [3.05, 3.63) is 0 Å². The van der Waals surface area contributed by atoms with E-state index in [4.69, 9.17) is 5.11 Å². The second kappa shape index (κ2) is 4.01. The molecule has 0 radical (unpaired) electrons. The topological polar surface area (TPSA) is 46.5 Å². The third kappa shape index (κ3) is 2.63. The van der Waals surface area contributed by atoms with Crippen molar-refractivity contribution in [1.29, 1.82) is 0 Å². The first-order valence-corrected chi connectivity index (χ1v) is 3.69. The van der Waals surface area contributed by atoms with Crippen molar-refractivity contribution in [2.75, 3.05) is 7.11 Å². The molecule has 8 heteroatoms. The summed E-state index contributed by atoms with van der Waals surface area (Å²) in [4.78, 5) is 10.5. The van der Waals surface area contributed by atoms with Crippen LogP contribution in [0.15, 0.2) is 0 Å². The zero-order chi connectivity index (χ0) is 12.5. The van der Waals surface area contributed by atoms with E-state index in [0.29, 0.717) is 7.11 Å². The maximum absolute atomic E-state index is 12.7. The first-order valence-electron chi connectivity index (χ1n) is 3.69. The minimum atomic E-state index is -5.99. The highest BCUT2D eigenvalue weighted by Gasteiger charge is 2.71. The van der Waals surface area contributed by atoms with Crippen LogP contribution in [0, 0.1) is 0 Å². The largest absolute Gasteiger partial charge is 0.459 e. The van der Waals surface area contributed by atoms with Crippen LogP contribution in [0.4, 0.5) is 22.0 Å². The van der Waals surface area contributed by atoms with Crippen molar-refractivity contribution in [3.63, 3.8) is 0 Å². The van der Waals surface area contributed by atoms with E-state index in [0.717, 1.165) is 6.92 Å². The van der Waals surface area contributed by atoms with Crippen LogP contribution in [0.5, 0.6) is 0 Å². The number of carbonyl (C=O) groups excluding carboxylic acids is 1. The second-order valence-electron chi connectivity index (χ2n) is 2.94. The minimum absolute atomic E-state index is 0.461. The number of rotatable bonds is 4. The highest BCUT2D eigenvalue weighted by atomic mass is 19.4. The molecule has 0 fully saturated rings. The predicted octanol–water partition coefficient (Wildman–Crippen LogP) is 1.50. The monoisotopic (exact) mass is 236 g/mol. The summed E-state index contributed by atoms with van der Waals surface area (Å²) in [7, 11) is 0.461. The molecule has 0 aliphatic carbocycles. The summed E-state index contributed by atoms with van der Waals surface area (Å²) in [5.41, 5.74) is 0. The minimum Gasteiger partial charge on any atom is -0.360 e. The Hall–Kier alpha value is -0.760. The predicted molar refractivity (Wildman–Crippen MR) is 38.3 cm³/mol. The summed E-state index contributed by atoms with van der Waals surface area (Å²) in [5, 5.41) is 8.94. The fourth-order valence-corrected chi connectivity index (χ4v) is 0.870. The van der Waals surface area contributed by atoms with E-state index in [-0.39, 0.29) is 0 Å². The van der Waals surface area contributed by atoms with Crippen LogP contribution >= 0.6 is 0 Å². The number of hydrogen-bond acceptors (Lipinski definition) is 3. The van der Waals surface area contributed by atoms with Gasteiger partial charge in [0.05, 0.1) is 6.42 Å². The van der Waals surface area contributed by atoms with Gasteiger partial charge >= 0.3 is 12.1 Å². The van der Waals surface area contributed by atoms with Crippen LogP contribution in [0.2, 0.25) is 0 Å². The van der Waals surface area contributed by atoms with E-state index in [1.165, 1.54) is 0 Å². The molecule has 0 aromatic carbocycles. The van der Waals surface area contributed by atoms with E-state index < -0.39 is 30.1 Å². The molecule has 1 N–H and O–H groups in total. The summed E-state index contributed by atoms with van der Waals surface area (Å²) in [6, 6.07) is 0. The van der Waals surface area contributed by atoms with Gasteiger partial charge in [0.2, 0.25) is 5.79 Å². The molecule has 0 saturated heterocycles. The van der Waals surface area contributed by atoms with Crippen LogP contribution in [-0.4, -0.2) is 35.9 Å². The quantitative estimate of drug-likeness (QED) is 0.594. The van der Waals surface area contributed by atoms with E-state index in [1.54, 1.807) is 0 Å². The average molecular weight is 236 g/mol. The van der Waals surface area contributed by atoms with Crippen LogP contribution < -0.4 is 0 Å². The first-order chi connectivity index (χ1) is 6.48. The Morgan fingerprint density at radius 1 is 1.27 bits per heavy atom. The number of aliphatic hydroxyl groups is 1. The Balaban J connectivity index is 5.18. The van der Waals surface area contributed by atoms with E-state index in [1.807, 2.05) is 0 Å². The molecule has 15 heavy (non-hydrogen) atoms. The van der Waals surface area contributed by atoms with Crippen LogP contribution in [-0.2, 0) is 9.53 Å². The van der Waals surface area contributed by atoms with E-state index in [2.05, 4.69) is 4.74 Å². The molecule has 0 aliphatic heterocycles. The second-order valence-corrected chi connectivity index (χ2v) is 2.94. The fourth-order valence-electron chi connectivity index (χ4n) is 0.870. The van der Waals surface area contributed by atoms with Gasteiger partial charge < -0.3 is 9.84 Å². The van der Waals surface area contributed by atoms with Crippen LogP contribution in [0.25, 0.3) is 0 Å². The van der Waals surface area contributed by atoms with E-state index in [9.17, 15) is 26.7 Å². The summed E-state index contributed by atoms with van der Waals surface area (Å²) in [6.45, 7) is 0.760. The molecule has 0 amide bonds. The van der Waals surface area contributed by atoms with Gasteiger partial charge in [-0.25, -0.2) is 0 Å². The number of ether oxygens (including phenoxy) is 1. The number of ketones is 1. The molecule has 0 aromatic heterocycles. The molecular formula is C7H9F5O3. The molecule has 0 aromatic rings. The number of methoxy groups -OCH3 is 1. The molecule has 0 saturated carbocycles. The standard InChI is InChI=1S/C7H9F5O3/c1-4(13)3-5(14,15-2)6(8,9)7(10,11)12/h14H,3H2,1-2H3. The first kappa shape index (κ1) is 14.2. The van der Waals surface area contributed by atoms with Crippen molar-refractivity contribution >= 4 is 5.78 Å². The van der Waals surface area contributed by atoms with Gasteiger partial charge in [0.15, 0.2) is 0 Å². The molecule has 0 rings (SSSR count). The molecule has 0 aliphatic rings. The number of alkyl halides is 5. The van der Waals surface area contributed by atoms with Gasteiger partial charge in [-0.05, 0) is 6.92 Å². The van der Waals surface area contributed by atoms with Gasteiger partial charge in [-0.15, -0.1) is 0 Å². The number of Topliss-reactive ketones (excluding diaryl/α,β-unsaturated/α-hetero) is 1. The summed E-state index contributed by atoms with van der Waals surface area (Å²) >= 11 is 0. The zero-order valence-electron chi connectivity index (χ0n) is 7.86. The number of halogens is 5. The summed E-state index contributed by atoms with van der Waals surface area (Å²) < 4.78 is 64.7. The highest BCUT2D eigenvalue weighted by molar-refractivity contribution is 5.76. The van der Waals surface area contributed by atoms with Gasteiger partial charge in [-0.2, -0.15) is 22.0 Å². The van der Waals surface area contributed by atoms with Crippen molar-refractivity contribution in [1.82, 2.24) is 0 Å². The average Bonchev–Trinajstić information content (AvgIpc) is 2.00. The smallest absolute Gasteiger partial charge is 0.360 e. The molecular weight excluding hydrogens is 227 g/mol. The maximum atomic E-state index is 12.7. The van der Waals surface area contributed by atoms with Crippen LogP contribution in [0.3, 0.4) is 0 Å². The van der Waals surface area contributed by atoms with Gasteiger partial charge in [0, 0.05) is 7.11 Å². The lowest BCUT2D eigenvalue weighted by Crippen LogP contribution is -2.59. The summed E-state index contributed by atoms with van der Waals surface area (Å²) in [5.74, 6) is -10.4. The third-order valence-corrected chi connectivity index (χ3v) is 1.67. The van der Waals surface area contributed by atoms with Gasteiger partial charge in [0.25, 0.3) is 0 Å². The SMILES string of the molecule is COC(O)(CC(C)=O)C(F)(F)C(F)(F)F. The van der Waals surface area contributed by atoms with Crippen molar-refractivity contribution < 1.29 is 36.6 Å². The number of hydrogen-bond donors (Lipinski definition) is 1. The van der Waals surface area contributed by atoms with Gasteiger partial charge in [-0.3, -0.25) is 4.79 Å². The lowest BCUT2D eigenvalue weighted by molar-refractivity contribution is -0.398. The third-order valence-electron chi connectivity index (χ3n) is 1.67. The zero-order valence-corrected chi connectivity index (χ0v) is 7.86. The molecule has 1 unspecified atom stereocenters. The molecule has 1 atom stereocenters.